The molecular formula is C17H19ClN2O2S2. The molecule has 1 aromatic heterocycles. The Morgan fingerprint density at radius 1 is 1.25 bits per heavy atom. The van der Waals surface area contributed by atoms with E-state index in [-0.39, 0.29) is 11.8 Å². The van der Waals surface area contributed by atoms with Crippen LogP contribution in [0.15, 0.2) is 36.4 Å². The molecule has 0 aliphatic carbocycles. The van der Waals surface area contributed by atoms with E-state index in [1.807, 2.05) is 36.4 Å². The largest absolute Gasteiger partial charge is 0.342 e. The molecule has 0 bridgehead atoms. The number of carbonyl (C=O) groups is 2. The lowest BCUT2D eigenvalue weighted by molar-refractivity contribution is -0.128. The number of rotatable bonds is 7. The quantitative estimate of drug-likeness (QED) is 0.778. The van der Waals surface area contributed by atoms with Crippen molar-refractivity contribution in [3.8, 4) is 0 Å². The average Bonchev–Trinajstić information content (AvgIpc) is 2.94. The number of thiophene rings is 1. The van der Waals surface area contributed by atoms with Crippen LogP contribution in [0.2, 0.25) is 4.34 Å². The van der Waals surface area contributed by atoms with Crippen molar-refractivity contribution in [3.63, 3.8) is 0 Å². The number of carbonyl (C=O) groups excluding carboxylic acids is 2. The first-order chi connectivity index (χ1) is 11.5. The van der Waals surface area contributed by atoms with Gasteiger partial charge >= 0.3 is 0 Å². The van der Waals surface area contributed by atoms with E-state index in [1.54, 1.807) is 23.7 Å². The minimum absolute atomic E-state index is 0.0127. The van der Waals surface area contributed by atoms with Gasteiger partial charge in [-0.15, -0.1) is 23.1 Å². The highest BCUT2D eigenvalue weighted by molar-refractivity contribution is 7.99. The van der Waals surface area contributed by atoms with Crippen molar-refractivity contribution in [2.24, 2.45) is 0 Å². The third-order valence-corrected chi connectivity index (χ3v) is 5.74. The highest BCUT2D eigenvalue weighted by Crippen LogP contribution is 2.25. The van der Waals surface area contributed by atoms with Crippen molar-refractivity contribution >= 4 is 52.2 Å². The van der Waals surface area contributed by atoms with Gasteiger partial charge in [0.1, 0.15) is 0 Å². The lowest BCUT2D eigenvalue weighted by Gasteiger charge is -2.17. The summed E-state index contributed by atoms with van der Waals surface area (Å²) in [5.74, 6) is 1.06. The lowest BCUT2D eigenvalue weighted by Crippen LogP contribution is -2.24. The van der Waals surface area contributed by atoms with Gasteiger partial charge in [0.2, 0.25) is 11.8 Å². The van der Waals surface area contributed by atoms with Gasteiger partial charge < -0.3 is 10.2 Å². The first-order valence-electron chi connectivity index (χ1n) is 7.37. The average molecular weight is 383 g/mol. The number of halogens is 1. The van der Waals surface area contributed by atoms with Crippen LogP contribution in [0.25, 0.3) is 0 Å². The van der Waals surface area contributed by atoms with Crippen molar-refractivity contribution in [1.29, 1.82) is 0 Å². The van der Waals surface area contributed by atoms with E-state index in [1.165, 1.54) is 18.3 Å². The van der Waals surface area contributed by atoms with Crippen LogP contribution in [-0.4, -0.2) is 29.5 Å². The molecule has 0 fully saturated rings. The van der Waals surface area contributed by atoms with Crippen molar-refractivity contribution in [2.75, 3.05) is 18.1 Å². The summed E-state index contributed by atoms with van der Waals surface area (Å²) in [7, 11) is 1.74. The van der Waals surface area contributed by atoms with Gasteiger partial charge in [-0.1, -0.05) is 29.8 Å². The van der Waals surface area contributed by atoms with Crippen LogP contribution in [-0.2, 0) is 21.9 Å². The molecular weight excluding hydrogens is 364 g/mol. The van der Waals surface area contributed by atoms with Crippen molar-refractivity contribution in [1.82, 2.24) is 4.90 Å². The Labute approximate surface area is 155 Å². The van der Waals surface area contributed by atoms with E-state index in [0.29, 0.717) is 12.3 Å². The highest BCUT2D eigenvalue weighted by atomic mass is 35.5. The minimum atomic E-state index is -0.0550. The number of nitrogens with one attached hydrogen (secondary N) is 1. The minimum Gasteiger partial charge on any atom is -0.342 e. The normalized spacial score (nSPS) is 10.5. The summed E-state index contributed by atoms with van der Waals surface area (Å²) >= 11 is 8.97. The maximum absolute atomic E-state index is 12.1. The maximum atomic E-state index is 12.1. The van der Waals surface area contributed by atoms with E-state index in [9.17, 15) is 9.59 Å². The number of thioether (sulfide) groups is 1. The molecule has 1 aromatic carbocycles. The number of hydrogen-bond donors (Lipinski definition) is 1. The number of anilines is 1. The zero-order chi connectivity index (χ0) is 17.5. The Morgan fingerprint density at radius 2 is 2.00 bits per heavy atom. The molecule has 2 aromatic rings. The van der Waals surface area contributed by atoms with E-state index in [0.717, 1.165) is 26.2 Å². The van der Waals surface area contributed by atoms with Gasteiger partial charge in [0.15, 0.2) is 0 Å². The first-order valence-corrected chi connectivity index (χ1v) is 9.72. The van der Waals surface area contributed by atoms with E-state index in [4.69, 9.17) is 11.6 Å². The molecule has 24 heavy (non-hydrogen) atoms. The van der Waals surface area contributed by atoms with E-state index in [2.05, 4.69) is 5.32 Å². The van der Waals surface area contributed by atoms with Crippen molar-refractivity contribution in [2.45, 2.75) is 19.2 Å². The molecule has 0 saturated heterocycles. The number of nitrogens with zero attached hydrogens (tertiary/aromatic N) is 1. The van der Waals surface area contributed by atoms with Crippen LogP contribution in [0.5, 0.6) is 0 Å². The van der Waals surface area contributed by atoms with E-state index < -0.39 is 0 Å². The summed E-state index contributed by atoms with van der Waals surface area (Å²) in [5, 5.41) is 2.93. The molecule has 0 aliphatic rings. The SMILES string of the molecule is CC(=O)N(C)Cc1ccccc1NC(=O)CSCc1ccc(Cl)s1. The first kappa shape index (κ1) is 18.8. The number of para-hydroxylation sites is 1. The summed E-state index contributed by atoms with van der Waals surface area (Å²) in [4.78, 5) is 26.3. The van der Waals surface area contributed by atoms with E-state index >= 15 is 0 Å². The molecule has 0 radical (unpaired) electrons. The zero-order valence-electron chi connectivity index (χ0n) is 13.5. The summed E-state index contributed by atoms with van der Waals surface area (Å²) < 4.78 is 0.763. The molecule has 128 valence electrons. The third-order valence-electron chi connectivity index (χ3n) is 3.34. The Kier molecular flexibility index (Phi) is 7.15. The molecule has 1 heterocycles. The highest BCUT2D eigenvalue weighted by Gasteiger charge is 2.10. The Bertz CT molecular complexity index is 718. The summed E-state index contributed by atoms with van der Waals surface area (Å²) in [6, 6.07) is 11.4. The molecule has 0 aliphatic heterocycles. The van der Waals surface area contributed by atoms with Gasteiger partial charge in [0.05, 0.1) is 10.1 Å². The van der Waals surface area contributed by atoms with Crippen LogP contribution < -0.4 is 5.32 Å². The molecule has 2 amide bonds. The molecule has 0 atom stereocenters. The van der Waals surface area contributed by atoms with Crippen LogP contribution in [0, 0.1) is 0 Å². The third kappa shape index (κ3) is 5.85. The Hall–Kier alpha value is -1.50. The fourth-order valence-corrected chi connectivity index (χ4v) is 4.03. The molecule has 0 spiro atoms. The van der Waals surface area contributed by atoms with Crippen LogP contribution in [0.4, 0.5) is 5.69 Å². The smallest absolute Gasteiger partial charge is 0.234 e. The van der Waals surface area contributed by atoms with Gasteiger partial charge in [-0.05, 0) is 23.8 Å². The van der Waals surface area contributed by atoms with Crippen LogP contribution in [0.1, 0.15) is 17.4 Å². The molecule has 1 N–H and O–H groups in total. The lowest BCUT2D eigenvalue weighted by atomic mass is 10.1. The molecule has 0 unspecified atom stereocenters. The Morgan fingerprint density at radius 3 is 2.67 bits per heavy atom. The fourth-order valence-electron chi connectivity index (χ4n) is 2.01. The predicted octanol–water partition coefficient (Wildman–Crippen LogP) is 4.25. The van der Waals surface area contributed by atoms with Gasteiger partial charge in [-0.2, -0.15) is 0 Å². The van der Waals surface area contributed by atoms with Crippen LogP contribution in [0.3, 0.4) is 0 Å². The second-order valence-corrected chi connectivity index (χ2v) is 8.06. The van der Waals surface area contributed by atoms with Gasteiger partial charge in [0.25, 0.3) is 0 Å². The van der Waals surface area contributed by atoms with Crippen molar-refractivity contribution < 1.29 is 9.59 Å². The van der Waals surface area contributed by atoms with Crippen LogP contribution >= 0.6 is 34.7 Å². The van der Waals surface area contributed by atoms with Gasteiger partial charge in [-0.25, -0.2) is 0 Å². The van der Waals surface area contributed by atoms with Gasteiger partial charge in [-0.3, -0.25) is 9.59 Å². The maximum Gasteiger partial charge on any atom is 0.234 e. The molecule has 7 heteroatoms. The molecule has 2 rings (SSSR count). The van der Waals surface area contributed by atoms with Crippen molar-refractivity contribution in [3.05, 3.63) is 51.2 Å². The zero-order valence-corrected chi connectivity index (χ0v) is 15.9. The number of benzene rings is 1. The second-order valence-electron chi connectivity index (χ2n) is 5.28. The number of hydrogen-bond acceptors (Lipinski definition) is 4. The standard InChI is InChI=1S/C17H19ClN2O2S2/c1-12(21)20(2)9-13-5-3-4-6-15(13)19-17(22)11-23-10-14-7-8-16(18)24-14/h3-8H,9-11H2,1-2H3,(H,19,22). The monoisotopic (exact) mass is 382 g/mol. The molecule has 4 nitrogen and oxygen atoms in total. The number of amides is 2. The Balaban J connectivity index is 1.88. The fraction of sp³-hybridized carbons (Fsp3) is 0.294. The summed E-state index contributed by atoms with van der Waals surface area (Å²) in [6.07, 6.45) is 0. The topological polar surface area (TPSA) is 49.4 Å². The van der Waals surface area contributed by atoms with Gasteiger partial charge in [0, 0.05) is 36.8 Å². The second kappa shape index (κ2) is 9.11. The summed E-state index contributed by atoms with van der Waals surface area (Å²) in [6.45, 7) is 1.99. The molecule has 0 saturated carbocycles. The summed E-state index contributed by atoms with van der Waals surface area (Å²) in [5.41, 5.74) is 1.66. The predicted molar refractivity (Wildman–Crippen MR) is 103 cm³/mol.